The Morgan fingerprint density at radius 1 is 1.05 bits per heavy atom. The van der Waals surface area contributed by atoms with Crippen molar-refractivity contribution >= 4 is 11.9 Å². The van der Waals surface area contributed by atoms with Crippen molar-refractivity contribution in [2.75, 3.05) is 44.3 Å². The molecule has 1 amide bonds. The Morgan fingerprint density at radius 2 is 1.68 bits per heavy atom. The molecule has 2 aliphatic heterocycles. The zero-order valence-electron chi connectivity index (χ0n) is 10.9. The maximum absolute atomic E-state index is 12.2. The number of carbonyl (C=O) groups excluding carboxylic acids is 1. The number of amides is 1. The Hall–Kier alpha value is -1.69. The lowest BCUT2D eigenvalue weighted by molar-refractivity contribution is 0.0302. The van der Waals surface area contributed by atoms with Crippen molar-refractivity contribution in [3.63, 3.8) is 0 Å². The number of hydrogen-bond acceptors (Lipinski definition) is 5. The lowest BCUT2D eigenvalue weighted by atomic mass is 10.3. The highest BCUT2D eigenvalue weighted by molar-refractivity contribution is 5.93. The smallest absolute Gasteiger partial charge is 0.257 e. The molecule has 2 fully saturated rings. The molecule has 3 rings (SSSR count). The van der Waals surface area contributed by atoms with Gasteiger partial charge in [0.1, 0.15) is 0 Å². The molecule has 2 aliphatic rings. The first-order valence-electron chi connectivity index (χ1n) is 6.78. The van der Waals surface area contributed by atoms with Crippen LogP contribution in [-0.2, 0) is 4.74 Å². The van der Waals surface area contributed by atoms with Gasteiger partial charge in [-0.25, -0.2) is 9.97 Å². The van der Waals surface area contributed by atoms with Gasteiger partial charge in [0.2, 0.25) is 5.95 Å². The van der Waals surface area contributed by atoms with Crippen molar-refractivity contribution < 1.29 is 9.53 Å². The first-order chi connectivity index (χ1) is 9.34. The van der Waals surface area contributed by atoms with Gasteiger partial charge >= 0.3 is 0 Å². The Morgan fingerprint density at radius 3 is 2.32 bits per heavy atom. The fraction of sp³-hybridized carbons (Fsp3) is 0.615. The van der Waals surface area contributed by atoms with E-state index in [9.17, 15) is 4.79 Å². The van der Waals surface area contributed by atoms with Crippen molar-refractivity contribution in [3.8, 4) is 0 Å². The predicted molar refractivity (Wildman–Crippen MR) is 70.2 cm³/mol. The summed E-state index contributed by atoms with van der Waals surface area (Å²) in [5.74, 6) is 0.729. The number of anilines is 1. The van der Waals surface area contributed by atoms with E-state index < -0.39 is 0 Å². The summed E-state index contributed by atoms with van der Waals surface area (Å²) in [5, 5.41) is 0. The van der Waals surface area contributed by atoms with Crippen molar-refractivity contribution in [2.45, 2.75) is 12.8 Å². The largest absolute Gasteiger partial charge is 0.378 e. The summed E-state index contributed by atoms with van der Waals surface area (Å²) in [6, 6.07) is 0. The third-order valence-corrected chi connectivity index (χ3v) is 3.57. The van der Waals surface area contributed by atoms with E-state index in [1.807, 2.05) is 0 Å². The summed E-state index contributed by atoms with van der Waals surface area (Å²) in [6.45, 7) is 4.53. The van der Waals surface area contributed by atoms with E-state index in [0.717, 1.165) is 19.0 Å². The van der Waals surface area contributed by atoms with Gasteiger partial charge in [0.25, 0.3) is 5.91 Å². The third-order valence-electron chi connectivity index (χ3n) is 3.57. The second-order valence-corrected chi connectivity index (χ2v) is 4.87. The van der Waals surface area contributed by atoms with Gasteiger partial charge in [-0.2, -0.15) is 0 Å². The molecule has 0 saturated carbocycles. The van der Waals surface area contributed by atoms with Gasteiger partial charge in [0.05, 0.1) is 18.8 Å². The number of rotatable bonds is 2. The number of nitrogens with zero attached hydrogens (tertiary/aromatic N) is 4. The van der Waals surface area contributed by atoms with E-state index in [1.165, 1.54) is 12.8 Å². The number of hydrogen-bond donors (Lipinski definition) is 0. The molecule has 0 N–H and O–H groups in total. The molecule has 0 radical (unpaired) electrons. The molecule has 6 nitrogen and oxygen atoms in total. The molecule has 1 aromatic heterocycles. The van der Waals surface area contributed by atoms with Crippen LogP contribution in [0.3, 0.4) is 0 Å². The second-order valence-electron chi connectivity index (χ2n) is 4.87. The highest BCUT2D eigenvalue weighted by Gasteiger charge is 2.20. The molecule has 2 saturated heterocycles. The summed E-state index contributed by atoms with van der Waals surface area (Å²) >= 11 is 0. The van der Waals surface area contributed by atoms with Gasteiger partial charge in [-0.05, 0) is 12.8 Å². The minimum atomic E-state index is -0.00345. The highest BCUT2D eigenvalue weighted by Crippen LogP contribution is 2.15. The van der Waals surface area contributed by atoms with Crippen molar-refractivity contribution in [2.24, 2.45) is 0 Å². The molecule has 0 aliphatic carbocycles. The molecule has 0 atom stereocenters. The molecule has 0 spiro atoms. The number of ether oxygens (including phenoxy) is 1. The minimum Gasteiger partial charge on any atom is -0.378 e. The van der Waals surface area contributed by atoms with Gasteiger partial charge in [-0.15, -0.1) is 0 Å². The lowest BCUT2D eigenvalue weighted by Crippen LogP contribution is -2.40. The molecule has 0 aromatic carbocycles. The fourth-order valence-corrected chi connectivity index (χ4v) is 2.46. The number of aromatic nitrogens is 2. The van der Waals surface area contributed by atoms with Crippen LogP contribution >= 0.6 is 0 Å². The normalized spacial score (nSPS) is 19.8. The van der Waals surface area contributed by atoms with Crippen LogP contribution in [0, 0.1) is 0 Å². The van der Waals surface area contributed by atoms with Gasteiger partial charge < -0.3 is 14.5 Å². The van der Waals surface area contributed by atoms with Crippen molar-refractivity contribution in [1.82, 2.24) is 14.9 Å². The Balaban J connectivity index is 1.69. The molecule has 6 heteroatoms. The van der Waals surface area contributed by atoms with Crippen LogP contribution in [0.2, 0.25) is 0 Å². The zero-order chi connectivity index (χ0) is 13.1. The molecular weight excluding hydrogens is 244 g/mol. The summed E-state index contributed by atoms with van der Waals surface area (Å²) in [7, 11) is 0. The van der Waals surface area contributed by atoms with Gasteiger partial charge in [-0.3, -0.25) is 4.79 Å². The fourth-order valence-electron chi connectivity index (χ4n) is 2.46. The van der Waals surface area contributed by atoms with E-state index in [0.29, 0.717) is 31.9 Å². The van der Waals surface area contributed by atoms with E-state index in [1.54, 1.807) is 17.3 Å². The van der Waals surface area contributed by atoms with Gasteiger partial charge in [0.15, 0.2) is 0 Å². The van der Waals surface area contributed by atoms with Crippen LogP contribution in [0.1, 0.15) is 23.2 Å². The third kappa shape index (κ3) is 2.68. The zero-order valence-corrected chi connectivity index (χ0v) is 10.9. The molecule has 0 unspecified atom stereocenters. The predicted octanol–water partition coefficient (Wildman–Crippen LogP) is 0.549. The second kappa shape index (κ2) is 5.52. The average molecular weight is 262 g/mol. The standard InChI is InChI=1S/C13H18N4O2/c18-12(16-5-7-19-8-6-16)11-9-14-13(15-10-11)17-3-1-2-4-17/h9-10H,1-8H2. The number of morpholine rings is 1. The van der Waals surface area contributed by atoms with Crippen LogP contribution in [0.15, 0.2) is 12.4 Å². The first-order valence-corrected chi connectivity index (χ1v) is 6.78. The quantitative estimate of drug-likeness (QED) is 0.779. The Bertz CT molecular complexity index is 436. The van der Waals surface area contributed by atoms with Crippen LogP contribution in [0.25, 0.3) is 0 Å². The van der Waals surface area contributed by atoms with Gasteiger partial charge in [0, 0.05) is 38.6 Å². The van der Waals surface area contributed by atoms with Crippen molar-refractivity contribution in [3.05, 3.63) is 18.0 Å². The SMILES string of the molecule is O=C(c1cnc(N2CCCC2)nc1)N1CCOCC1. The van der Waals surface area contributed by atoms with E-state index in [-0.39, 0.29) is 5.91 Å². The maximum Gasteiger partial charge on any atom is 0.257 e. The average Bonchev–Trinajstić information content (AvgIpc) is 3.02. The van der Waals surface area contributed by atoms with E-state index in [4.69, 9.17) is 4.74 Å². The van der Waals surface area contributed by atoms with Gasteiger partial charge in [-0.1, -0.05) is 0 Å². The van der Waals surface area contributed by atoms with Crippen LogP contribution in [0.5, 0.6) is 0 Å². The molecule has 19 heavy (non-hydrogen) atoms. The number of carbonyl (C=O) groups is 1. The Kier molecular flexibility index (Phi) is 3.59. The maximum atomic E-state index is 12.2. The summed E-state index contributed by atoms with van der Waals surface area (Å²) in [5.41, 5.74) is 0.560. The van der Waals surface area contributed by atoms with Crippen LogP contribution in [-0.4, -0.2) is 60.2 Å². The van der Waals surface area contributed by atoms with Crippen LogP contribution in [0.4, 0.5) is 5.95 Å². The summed E-state index contributed by atoms with van der Waals surface area (Å²) < 4.78 is 5.24. The van der Waals surface area contributed by atoms with Crippen LogP contribution < -0.4 is 4.90 Å². The Labute approximate surface area is 112 Å². The summed E-state index contributed by atoms with van der Waals surface area (Å²) in [4.78, 5) is 24.8. The first kappa shape index (κ1) is 12.3. The van der Waals surface area contributed by atoms with E-state index >= 15 is 0 Å². The molecule has 3 heterocycles. The highest BCUT2D eigenvalue weighted by atomic mass is 16.5. The molecular formula is C13H18N4O2. The molecule has 1 aromatic rings. The van der Waals surface area contributed by atoms with Crippen molar-refractivity contribution in [1.29, 1.82) is 0 Å². The molecule has 102 valence electrons. The van der Waals surface area contributed by atoms with E-state index in [2.05, 4.69) is 14.9 Å². The molecule has 0 bridgehead atoms. The monoisotopic (exact) mass is 262 g/mol. The minimum absolute atomic E-state index is 0.00345. The summed E-state index contributed by atoms with van der Waals surface area (Å²) in [6.07, 6.45) is 5.66. The lowest BCUT2D eigenvalue weighted by Gasteiger charge is -2.26. The topological polar surface area (TPSA) is 58.6 Å².